The zero-order valence-electron chi connectivity index (χ0n) is 12.4. The highest BCUT2D eigenvalue weighted by atomic mass is 32.2. The maximum atomic E-state index is 12.8. The number of nitrogens with zero attached hydrogens (tertiary/aromatic N) is 2. The lowest BCUT2D eigenvalue weighted by Crippen LogP contribution is -2.35. The summed E-state index contributed by atoms with van der Waals surface area (Å²) >= 11 is 0. The summed E-state index contributed by atoms with van der Waals surface area (Å²) in [5.41, 5.74) is 0.581. The molecule has 0 bridgehead atoms. The van der Waals surface area contributed by atoms with Gasteiger partial charge in [-0.25, -0.2) is 8.42 Å². The molecule has 0 aliphatic carbocycles. The highest BCUT2D eigenvalue weighted by molar-refractivity contribution is 7.91. The first kappa shape index (κ1) is 15.0. The Morgan fingerprint density at radius 2 is 2.14 bits per heavy atom. The molecule has 0 spiro atoms. The summed E-state index contributed by atoms with van der Waals surface area (Å²) in [5.74, 6) is 0.00654. The summed E-state index contributed by atoms with van der Waals surface area (Å²) in [6.45, 7) is 2.59. The molecule has 1 saturated heterocycles. The molecule has 1 unspecified atom stereocenters. The van der Waals surface area contributed by atoms with Crippen molar-refractivity contribution in [1.29, 1.82) is 0 Å². The van der Waals surface area contributed by atoms with Gasteiger partial charge in [0.2, 0.25) is 0 Å². The molecule has 1 aliphatic heterocycles. The summed E-state index contributed by atoms with van der Waals surface area (Å²) in [4.78, 5) is 18.6. The van der Waals surface area contributed by atoms with E-state index in [0.29, 0.717) is 12.1 Å². The maximum absolute atomic E-state index is 12.8. The average molecular weight is 318 g/mol. The van der Waals surface area contributed by atoms with Crippen molar-refractivity contribution >= 4 is 26.5 Å². The zero-order chi connectivity index (χ0) is 15.7. The molecule has 116 valence electrons. The van der Waals surface area contributed by atoms with Crippen molar-refractivity contribution in [1.82, 2.24) is 9.88 Å². The van der Waals surface area contributed by atoms with Gasteiger partial charge in [-0.05, 0) is 23.4 Å². The summed E-state index contributed by atoms with van der Waals surface area (Å²) in [6, 6.07) is 7.41. The maximum Gasteiger partial charge on any atom is 0.254 e. The van der Waals surface area contributed by atoms with E-state index in [-0.39, 0.29) is 29.9 Å². The van der Waals surface area contributed by atoms with Crippen LogP contribution in [0.5, 0.6) is 0 Å². The molecule has 6 heteroatoms. The fourth-order valence-corrected chi connectivity index (χ4v) is 4.58. The average Bonchev–Trinajstić information content (AvgIpc) is 2.63. The van der Waals surface area contributed by atoms with Gasteiger partial charge in [-0.1, -0.05) is 19.1 Å². The smallest absolute Gasteiger partial charge is 0.254 e. The van der Waals surface area contributed by atoms with E-state index in [0.717, 1.165) is 10.8 Å². The van der Waals surface area contributed by atoms with Crippen molar-refractivity contribution in [3.8, 4) is 0 Å². The van der Waals surface area contributed by atoms with Crippen LogP contribution in [0.3, 0.4) is 0 Å². The first-order valence-corrected chi connectivity index (χ1v) is 9.11. The number of fused-ring (bicyclic) bond motifs is 1. The Bertz CT molecular complexity index is 812. The molecule has 1 atom stereocenters. The van der Waals surface area contributed by atoms with Crippen molar-refractivity contribution < 1.29 is 13.2 Å². The van der Waals surface area contributed by atoms with Crippen LogP contribution in [-0.4, -0.2) is 48.8 Å². The highest BCUT2D eigenvalue weighted by Crippen LogP contribution is 2.21. The van der Waals surface area contributed by atoms with Gasteiger partial charge in [-0.15, -0.1) is 0 Å². The molecule has 1 aromatic carbocycles. The fourth-order valence-electron chi connectivity index (χ4n) is 2.94. The Kier molecular flexibility index (Phi) is 3.87. The van der Waals surface area contributed by atoms with Gasteiger partial charge >= 0.3 is 0 Å². The van der Waals surface area contributed by atoms with Crippen LogP contribution in [0.15, 0.2) is 36.7 Å². The van der Waals surface area contributed by atoms with Crippen LogP contribution in [-0.2, 0) is 9.84 Å². The van der Waals surface area contributed by atoms with Gasteiger partial charge in [0.15, 0.2) is 9.84 Å². The van der Waals surface area contributed by atoms with E-state index < -0.39 is 9.84 Å². The topological polar surface area (TPSA) is 67.3 Å². The van der Waals surface area contributed by atoms with Gasteiger partial charge in [-0.2, -0.15) is 0 Å². The van der Waals surface area contributed by atoms with Gasteiger partial charge in [-0.3, -0.25) is 9.78 Å². The van der Waals surface area contributed by atoms with Crippen molar-refractivity contribution in [2.24, 2.45) is 5.92 Å². The molecule has 3 rings (SSSR count). The predicted octanol–water partition coefficient (Wildman–Crippen LogP) is 1.74. The third-order valence-electron chi connectivity index (χ3n) is 3.94. The number of hydrogen-bond donors (Lipinski definition) is 0. The Balaban J connectivity index is 1.96. The fraction of sp³-hybridized carbons (Fsp3) is 0.375. The van der Waals surface area contributed by atoms with Crippen molar-refractivity contribution in [2.45, 2.75) is 6.92 Å². The Labute approximate surface area is 129 Å². The molecule has 0 N–H and O–H groups in total. The molecule has 22 heavy (non-hydrogen) atoms. The van der Waals surface area contributed by atoms with E-state index in [1.807, 2.05) is 25.1 Å². The van der Waals surface area contributed by atoms with Crippen LogP contribution in [0.2, 0.25) is 0 Å². The molecule has 2 aromatic rings. The number of benzene rings is 1. The highest BCUT2D eigenvalue weighted by Gasteiger charge is 2.28. The molecule has 0 radical (unpaired) electrons. The van der Waals surface area contributed by atoms with Crippen LogP contribution in [0, 0.1) is 5.92 Å². The third-order valence-corrected chi connectivity index (χ3v) is 5.83. The molecular formula is C16H18N2O3S. The monoisotopic (exact) mass is 318 g/mol. The number of pyridine rings is 1. The molecule has 1 aliphatic rings. The van der Waals surface area contributed by atoms with Gasteiger partial charge in [0.1, 0.15) is 0 Å². The van der Waals surface area contributed by atoms with Crippen LogP contribution >= 0.6 is 0 Å². The Morgan fingerprint density at radius 3 is 2.95 bits per heavy atom. The minimum Gasteiger partial charge on any atom is -0.337 e. The number of carbonyl (C=O) groups excluding carboxylic acids is 1. The lowest BCUT2D eigenvalue weighted by Gasteiger charge is -2.22. The molecule has 5 nitrogen and oxygen atoms in total. The Morgan fingerprint density at radius 1 is 1.32 bits per heavy atom. The van der Waals surface area contributed by atoms with Gasteiger partial charge in [0, 0.05) is 36.4 Å². The second-order valence-corrected chi connectivity index (χ2v) is 8.10. The van der Waals surface area contributed by atoms with E-state index >= 15 is 0 Å². The van der Waals surface area contributed by atoms with Crippen LogP contribution < -0.4 is 0 Å². The Hall–Kier alpha value is -1.95. The summed E-state index contributed by atoms with van der Waals surface area (Å²) in [7, 11) is -3.07. The number of carbonyl (C=O) groups is 1. The van der Waals surface area contributed by atoms with E-state index in [2.05, 4.69) is 4.98 Å². The minimum absolute atomic E-state index is 0.0338. The van der Waals surface area contributed by atoms with Crippen LogP contribution in [0.25, 0.3) is 10.8 Å². The first-order chi connectivity index (χ1) is 10.5. The molecular weight excluding hydrogens is 300 g/mol. The second kappa shape index (κ2) is 5.68. The molecule has 2 heterocycles. The number of hydrogen-bond acceptors (Lipinski definition) is 4. The van der Waals surface area contributed by atoms with Crippen LogP contribution in [0.4, 0.5) is 0 Å². The predicted molar refractivity (Wildman–Crippen MR) is 85.5 cm³/mol. The van der Waals surface area contributed by atoms with E-state index in [1.54, 1.807) is 23.4 Å². The third kappa shape index (κ3) is 2.97. The van der Waals surface area contributed by atoms with E-state index in [1.165, 1.54) is 0 Å². The van der Waals surface area contributed by atoms with Crippen molar-refractivity contribution in [3.05, 3.63) is 42.2 Å². The standard InChI is InChI=1S/C16H18N2O3S/c1-12-10-18(7-8-22(20,21)11-12)16(19)14-4-2-3-13-5-6-17-9-15(13)14/h2-6,9,12H,7-8,10-11H2,1H3. The number of amides is 1. The number of sulfone groups is 1. The molecule has 1 aromatic heterocycles. The largest absolute Gasteiger partial charge is 0.337 e. The summed E-state index contributed by atoms with van der Waals surface area (Å²) in [5, 5.41) is 1.76. The minimum atomic E-state index is -3.07. The van der Waals surface area contributed by atoms with E-state index in [4.69, 9.17) is 0 Å². The number of rotatable bonds is 1. The van der Waals surface area contributed by atoms with Gasteiger partial charge in [0.25, 0.3) is 5.91 Å². The second-order valence-electron chi connectivity index (χ2n) is 5.87. The van der Waals surface area contributed by atoms with Gasteiger partial charge < -0.3 is 4.90 Å². The normalized spacial score (nSPS) is 21.5. The van der Waals surface area contributed by atoms with E-state index in [9.17, 15) is 13.2 Å². The molecule has 0 saturated carbocycles. The van der Waals surface area contributed by atoms with Crippen LogP contribution in [0.1, 0.15) is 17.3 Å². The van der Waals surface area contributed by atoms with Crippen molar-refractivity contribution in [2.75, 3.05) is 24.6 Å². The summed E-state index contributed by atoms with van der Waals surface area (Å²) < 4.78 is 23.7. The van der Waals surface area contributed by atoms with Gasteiger partial charge in [0.05, 0.1) is 11.5 Å². The first-order valence-electron chi connectivity index (χ1n) is 7.29. The molecule has 1 amide bonds. The SMILES string of the molecule is CC1CN(C(=O)c2cccc3ccncc23)CCS(=O)(=O)C1. The zero-order valence-corrected chi connectivity index (χ0v) is 13.2. The molecule has 1 fully saturated rings. The lowest BCUT2D eigenvalue weighted by molar-refractivity contribution is 0.0753. The number of aromatic nitrogens is 1. The quantitative estimate of drug-likeness (QED) is 0.803. The summed E-state index contributed by atoms with van der Waals surface area (Å²) in [6.07, 6.45) is 3.37. The lowest BCUT2D eigenvalue weighted by atomic mass is 10.1. The van der Waals surface area contributed by atoms with Crippen molar-refractivity contribution in [3.63, 3.8) is 0 Å².